The van der Waals surface area contributed by atoms with Crippen molar-refractivity contribution in [2.75, 3.05) is 26.2 Å². The molecule has 3 unspecified atom stereocenters. The summed E-state index contributed by atoms with van der Waals surface area (Å²) in [5, 5.41) is 6.69. The van der Waals surface area contributed by atoms with Crippen LogP contribution in [0.1, 0.15) is 50.7 Å². The molecule has 1 amide bonds. The van der Waals surface area contributed by atoms with Gasteiger partial charge in [-0.05, 0) is 61.7 Å². The number of fused-ring (bicyclic) bond motifs is 1. The van der Waals surface area contributed by atoms with E-state index in [1.165, 1.54) is 24.0 Å². The number of rotatable bonds is 7. The lowest BCUT2D eigenvalue weighted by Crippen LogP contribution is -2.46. The summed E-state index contributed by atoms with van der Waals surface area (Å²) in [7, 11) is 0. The maximum Gasteiger partial charge on any atom is 0.220 e. The molecule has 1 fully saturated rings. The third kappa shape index (κ3) is 6.91. The van der Waals surface area contributed by atoms with Crippen LogP contribution >= 0.6 is 24.8 Å². The molecule has 0 saturated carbocycles. The second-order valence-electron chi connectivity index (χ2n) is 8.14. The quantitative estimate of drug-likeness (QED) is 0.692. The number of carbonyl (C=O) groups is 1. The molecule has 2 aliphatic heterocycles. The summed E-state index contributed by atoms with van der Waals surface area (Å²) in [6.45, 7) is 9.53. The van der Waals surface area contributed by atoms with E-state index in [0.29, 0.717) is 24.3 Å². The van der Waals surface area contributed by atoms with Crippen LogP contribution in [0, 0.1) is 11.8 Å². The minimum Gasteiger partial charge on any atom is -0.355 e. The first kappa shape index (κ1) is 25.2. The fourth-order valence-electron chi connectivity index (χ4n) is 4.49. The fraction of sp³-hybridized carbons (Fsp3) is 0.682. The van der Waals surface area contributed by atoms with Gasteiger partial charge in [0.1, 0.15) is 0 Å². The summed E-state index contributed by atoms with van der Waals surface area (Å²) < 4.78 is 0. The average molecular weight is 430 g/mol. The Morgan fingerprint density at radius 2 is 2.04 bits per heavy atom. The predicted octanol–water partition coefficient (Wildman–Crippen LogP) is 3.81. The number of carbonyl (C=O) groups excluding carboxylic acids is 1. The zero-order chi connectivity index (χ0) is 18.4. The topological polar surface area (TPSA) is 44.4 Å². The van der Waals surface area contributed by atoms with Gasteiger partial charge in [-0.3, -0.25) is 9.69 Å². The second kappa shape index (κ2) is 12.7. The van der Waals surface area contributed by atoms with Crippen LogP contribution in [0.2, 0.25) is 0 Å². The summed E-state index contributed by atoms with van der Waals surface area (Å²) >= 11 is 0. The van der Waals surface area contributed by atoms with Gasteiger partial charge >= 0.3 is 0 Å². The maximum atomic E-state index is 12.4. The summed E-state index contributed by atoms with van der Waals surface area (Å²) in [5.74, 6) is 1.33. The molecule has 2 heterocycles. The molecule has 1 saturated heterocycles. The van der Waals surface area contributed by atoms with E-state index in [9.17, 15) is 4.79 Å². The number of hydrogen-bond acceptors (Lipinski definition) is 3. The van der Waals surface area contributed by atoms with Crippen molar-refractivity contribution in [1.29, 1.82) is 0 Å². The van der Waals surface area contributed by atoms with Crippen LogP contribution in [0.5, 0.6) is 0 Å². The lowest BCUT2D eigenvalue weighted by atomic mass is 9.85. The Hall–Kier alpha value is -0.810. The number of nitrogens with one attached hydrogen (secondary N) is 2. The molecule has 1 aromatic rings. The van der Waals surface area contributed by atoms with Gasteiger partial charge in [0.25, 0.3) is 0 Å². The van der Waals surface area contributed by atoms with Gasteiger partial charge < -0.3 is 10.6 Å². The highest BCUT2D eigenvalue weighted by atomic mass is 35.5. The van der Waals surface area contributed by atoms with Crippen molar-refractivity contribution in [3.8, 4) is 0 Å². The Labute approximate surface area is 183 Å². The number of hydrogen-bond donors (Lipinski definition) is 2. The van der Waals surface area contributed by atoms with Crippen LogP contribution in [0.3, 0.4) is 0 Å². The monoisotopic (exact) mass is 429 g/mol. The number of nitrogens with zero attached hydrogens (tertiary/aromatic N) is 1. The molecular weight excluding hydrogens is 393 g/mol. The summed E-state index contributed by atoms with van der Waals surface area (Å²) in [4.78, 5) is 15.0. The highest BCUT2D eigenvalue weighted by Crippen LogP contribution is 2.23. The number of halogens is 2. The molecule has 0 aromatic heterocycles. The van der Waals surface area contributed by atoms with Gasteiger partial charge in [-0.2, -0.15) is 0 Å². The highest BCUT2D eigenvalue weighted by molar-refractivity contribution is 5.85. The Kier molecular flexibility index (Phi) is 11.4. The second-order valence-corrected chi connectivity index (χ2v) is 8.14. The Morgan fingerprint density at radius 1 is 1.29 bits per heavy atom. The molecule has 4 nitrogen and oxygen atoms in total. The maximum absolute atomic E-state index is 12.4. The first-order valence-electron chi connectivity index (χ1n) is 10.5. The van der Waals surface area contributed by atoms with Crippen LogP contribution in [0.4, 0.5) is 0 Å². The molecule has 160 valence electrons. The average Bonchev–Trinajstić information content (AvgIpc) is 2.69. The standard InChI is InChI=1S/C22H35N3O.2ClH/c1-3-21(25-12-10-18-7-4-5-8-20(18)16-25)15-24-22(26)13-17(2)19-9-6-11-23-14-19;;/h4-5,7-8,17,19,21,23H,3,6,9-16H2,1-2H3,(H,24,26);2*1H. The van der Waals surface area contributed by atoms with Crippen molar-refractivity contribution in [1.82, 2.24) is 15.5 Å². The van der Waals surface area contributed by atoms with Crippen molar-refractivity contribution in [3.63, 3.8) is 0 Å². The van der Waals surface area contributed by atoms with E-state index in [4.69, 9.17) is 0 Å². The minimum atomic E-state index is 0. The Morgan fingerprint density at radius 3 is 2.71 bits per heavy atom. The molecule has 2 N–H and O–H groups in total. The van der Waals surface area contributed by atoms with Crippen LogP contribution in [0.25, 0.3) is 0 Å². The molecule has 28 heavy (non-hydrogen) atoms. The van der Waals surface area contributed by atoms with Crippen LogP contribution in [-0.2, 0) is 17.8 Å². The number of piperidine rings is 1. The zero-order valence-electron chi connectivity index (χ0n) is 17.3. The lowest BCUT2D eigenvalue weighted by Gasteiger charge is -2.35. The predicted molar refractivity (Wildman–Crippen MR) is 122 cm³/mol. The van der Waals surface area contributed by atoms with Gasteiger partial charge in [-0.1, -0.05) is 38.1 Å². The van der Waals surface area contributed by atoms with E-state index in [2.05, 4.69) is 53.6 Å². The third-order valence-electron chi connectivity index (χ3n) is 6.33. The lowest BCUT2D eigenvalue weighted by molar-refractivity contribution is -0.122. The third-order valence-corrected chi connectivity index (χ3v) is 6.33. The first-order valence-corrected chi connectivity index (χ1v) is 10.5. The molecule has 0 spiro atoms. The molecule has 0 radical (unpaired) electrons. The molecule has 3 atom stereocenters. The van der Waals surface area contributed by atoms with Crippen molar-refractivity contribution in [2.45, 2.75) is 58.5 Å². The molecule has 1 aromatic carbocycles. The zero-order valence-corrected chi connectivity index (χ0v) is 18.9. The van der Waals surface area contributed by atoms with E-state index < -0.39 is 0 Å². The highest BCUT2D eigenvalue weighted by Gasteiger charge is 2.24. The van der Waals surface area contributed by atoms with Gasteiger partial charge in [0.15, 0.2) is 0 Å². The molecule has 0 aliphatic carbocycles. The summed E-state index contributed by atoms with van der Waals surface area (Å²) in [5.41, 5.74) is 2.93. The van der Waals surface area contributed by atoms with E-state index in [0.717, 1.165) is 45.6 Å². The Bertz CT molecular complexity index is 593. The number of amides is 1. The van der Waals surface area contributed by atoms with Crippen molar-refractivity contribution < 1.29 is 4.79 Å². The van der Waals surface area contributed by atoms with E-state index in [-0.39, 0.29) is 30.7 Å². The minimum absolute atomic E-state index is 0. The van der Waals surface area contributed by atoms with Crippen LogP contribution in [-0.4, -0.2) is 43.0 Å². The molecule has 0 bridgehead atoms. The van der Waals surface area contributed by atoms with Gasteiger partial charge in [0, 0.05) is 32.1 Å². The van der Waals surface area contributed by atoms with Crippen molar-refractivity contribution in [3.05, 3.63) is 35.4 Å². The first-order chi connectivity index (χ1) is 12.7. The molecule has 6 heteroatoms. The van der Waals surface area contributed by atoms with Crippen LogP contribution < -0.4 is 10.6 Å². The van der Waals surface area contributed by atoms with E-state index >= 15 is 0 Å². The van der Waals surface area contributed by atoms with Gasteiger partial charge in [-0.15, -0.1) is 24.8 Å². The van der Waals surface area contributed by atoms with Gasteiger partial charge in [-0.25, -0.2) is 0 Å². The van der Waals surface area contributed by atoms with Crippen molar-refractivity contribution >= 4 is 30.7 Å². The van der Waals surface area contributed by atoms with E-state index in [1.54, 1.807) is 0 Å². The normalized spacial score (nSPS) is 21.4. The largest absolute Gasteiger partial charge is 0.355 e. The SMILES string of the molecule is CCC(CNC(=O)CC(C)C1CCCNC1)N1CCc2ccccc2C1.Cl.Cl. The van der Waals surface area contributed by atoms with Crippen molar-refractivity contribution in [2.24, 2.45) is 11.8 Å². The fourth-order valence-corrected chi connectivity index (χ4v) is 4.49. The smallest absolute Gasteiger partial charge is 0.220 e. The molecular formula is C22H37Cl2N3O. The molecule has 2 aliphatic rings. The number of benzene rings is 1. The van der Waals surface area contributed by atoms with E-state index in [1.807, 2.05) is 0 Å². The summed E-state index contributed by atoms with van der Waals surface area (Å²) in [6, 6.07) is 9.18. The van der Waals surface area contributed by atoms with Gasteiger partial charge in [0.2, 0.25) is 5.91 Å². The summed E-state index contributed by atoms with van der Waals surface area (Å²) in [6.07, 6.45) is 5.35. The molecule has 3 rings (SSSR count). The van der Waals surface area contributed by atoms with Crippen LogP contribution in [0.15, 0.2) is 24.3 Å². The van der Waals surface area contributed by atoms with Gasteiger partial charge in [0.05, 0.1) is 0 Å². The Balaban J connectivity index is 0.00000196.